The second kappa shape index (κ2) is 8.48. The van der Waals surface area contributed by atoms with Crippen molar-refractivity contribution in [3.8, 4) is 23.0 Å². The lowest BCUT2D eigenvalue weighted by molar-refractivity contribution is 0.0725. The van der Waals surface area contributed by atoms with Crippen LogP contribution in [0.1, 0.15) is 34.1 Å². The van der Waals surface area contributed by atoms with Crippen molar-refractivity contribution in [3.05, 3.63) is 89.0 Å². The zero-order valence-electron chi connectivity index (χ0n) is 16.6. The molecule has 0 fully saturated rings. The lowest BCUT2D eigenvalue weighted by Crippen LogP contribution is -2.37. The van der Waals surface area contributed by atoms with Crippen molar-refractivity contribution in [1.82, 2.24) is 9.88 Å². The molecule has 3 aromatic rings. The Morgan fingerprint density at radius 3 is 2.60 bits per heavy atom. The third kappa shape index (κ3) is 4.40. The lowest BCUT2D eigenvalue weighted by Gasteiger charge is -2.28. The van der Waals surface area contributed by atoms with E-state index in [-0.39, 0.29) is 11.7 Å². The van der Waals surface area contributed by atoms with Gasteiger partial charge in [-0.3, -0.25) is 9.78 Å². The summed E-state index contributed by atoms with van der Waals surface area (Å²) >= 11 is 0. The van der Waals surface area contributed by atoms with Crippen LogP contribution in [-0.4, -0.2) is 33.5 Å². The fraction of sp³-hybridized carbons (Fsp3) is 0.200. The number of aliphatic hydroxyl groups is 1. The molecule has 1 unspecified atom stereocenters. The summed E-state index contributed by atoms with van der Waals surface area (Å²) in [7, 11) is 0. The lowest BCUT2D eigenvalue weighted by atomic mass is 9.96. The second-order valence-electron chi connectivity index (χ2n) is 7.34. The Bertz CT molecular complexity index is 1130. The van der Waals surface area contributed by atoms with E-state index in [0.717, 1.165) is 34.4 Å². The van der Waals surface area contributed by atoms with Crippen molar-refractivity contribution in [2.24, 2.45) is 0 Å². The summed E-state index contributed by atoms with van der Waals surface area (Å²) in [4.78, 5) is 19.2. The van der Waals surface area contributed by atoms with Crippen LogP contribution in [0.25, 0.3) is 11.1 Å². The van der Waals surface area contributed by atoms with Gasteiger partial charge in [-0.1, -0.05) is 30.0 Å². The van der Waals surface area contributed by atoms with E-state index >= 15 is 0 Å². The Morgan fingerprint density at radius 1 is 1.13 bits per heavy atom. The number of hydrogen-bond acceptors (Lipinski definition) is 3. The first kappa shape index (κ1) is 19.8. The van der Waals surface area contributed by atoms with Crippen LogP contribution in [0, 0.1) is 17.7 Å². The van der Waals surface area contributed by atoms with E-state index in [1.165, 1.54) is 12.1 Å². The SMILES string of the molecule is CC(O)C#Cc1ccc2c(c1)CCN(Cc1ccc(-c3ccc(F)cc3)cn1)C2=O. The van der Waals surface area contributed by atoms with Gasteiger partial charge in [0.05, 0.1) is 12.2 Å². The topological polar surface area (TPSA) is 53.4 Å². The number of aromatic nitrogens is 1. The average molecular weight is 400 g/mol. The predicted molar refractivity (Wildman–Crippen MR) is 113 cm³/mol. The first-order valence-electron chi connectivity index (χ1n) is 9.82. The quantitative estimate of drug-likeness (QED) is 0.680. The molecule has 1 aliphatic heterocycles. The summed E-state index contributed by atoms with van der Waals surface area (Å²) in [6.07, 6.45) is 1.82. The molecule has 2 heterocycles. The van der Waals surface area contributed by atoms with E-state index in [4.69, 9.17) is 0 Å². The van der Waals surface area contributed by atoms with Gasteiger partial charge in [-0.2, -0.15) is 0 Å². The molecule has 1 aromatic heterocycles. The highest BCUT2D eigenvalue weighted by atomic mass is 19.1. The van der Waals surface area contributed by atoms with Crippen LogP contribution in [0.3, 0.4) is 0 Å². The average Bonchev–Trinajstić information content (AvgIpc) is 2.75. The Hall–Kier alpha value is -3.49. The third-order valence-corrected chi connectivity index (χ3v) is 5.05. The fourth-order valence-electron chi connectivity index (χ4n) is 3.48. The standard InChI is InChI=1S/C25H21FN2O2/c1-17(29)2-3-18-4-11-24-20(14-18)12-13-28(25(24)30)16-23-10-7-21(15-27-23)19-5-8-22(26)9-6-19/h4-11,14-15,17,29H,12-13,16H2,1H3. The van der Waals surface area contributed by atoms with Gasteiger partial charge in [0.2, 0.25) is 0 Å². The number of benzene rings is 2. The molecule has 1 atom stereocenters. The Labute approximate surface area is 175 Å². The number of halogens is 1. The fourth-order valence-corrected chi connectivity index (χ4v) is 3.48. The van der Waals surface area contributed by atoms with Gasteiger partial charge in [-0.25, -0.2) is 4.39 Å². The van der Waals surface area contributed by atoms with Gasteiger partial charge in [0, 0.05) is 29.4 Å². The number of aliphatic hydroxyl groups excluding tert-OH is 1. The maximum absolute atomic E-state index is 13.1. The van der Waals surface area contributed by atoms with Crippen molar-refractivity contribution in [3.63, 3.8) is 0 Å². The highest BCUT2D eigenvalue weighted by Crippen LogP contribution is 2.23. The first-order chi connectivity index (χ1) is 14.5. The molecule has 0 radical (unpaired) electrons. The number of rotatable bonds is 3. The van der Waals surface area contributed by atoms with Gasteiger partial charge in [-0.05, 0) is 60.9 Å². The molecule has 1 N–H and O–H groups in total. The van der Waals surface area contributed by atoms with Crippen molar-refractivity contribution >= 4 is 5.91 Å². The maximum Gasteiger partial charge on any atom is 0.254 e. The predicted octanol–water partition coefficient (Wildman–Crippen LogP) is 3.82. The smallest absolute Gasteiger partial charge is 0.254 e. The molecular formula is C25H21FN2O2. The van der Waals surface area contributed by atoms with Gasteiger partial charge < -0.3 is 10.0 Å². The zero-order chi connectivity index (χ0) is 21.1. The van der Waals surface area contributed by atoms with E-state index in [2.05, 4.69) is 16.8 Å². The molecule has 0 bridgehead atoms. The number of nitrogens with zero attached hydrogens (tertiary/aromatic N) is 2. The summed E-state index contributed by atoms with van der Waals surface area (Å²) in [5, 5.41) is 9.31. The van der Waals surface area contributed by atoms with Crippen molar-refractivity contribution in [1.29, 1.82) is 0 Å². The molecule has 0 saturated heterocycles. The van der Waals surface area contributed by atoms with Crippen molar-refractivity contribution < 1.29 is 14.3 Å². The molecule has 0 spiro atoms. The highest BCUT2D eigenvalue weighted by Gasteiger charge is 2.24. The summed E-state index contributed by atoms with van der Waals surface area (Å²) in [5.41, 5.74) is 5.07. The molecule has 4 rings (SSSR count). The van der Waals surface area contributed by atoms with Crippen molar-refractivity contribution in [2.45, 2.75) is 26.0 Å². The number of hydrogen-bond donors (Lipinski definition) is 1. The summed E-state index contributed by atoms with van der Waals surface area (Å²) < 4.78 is 13.1. The normalized spacial score (nSPS) is 14.0. The van der Waals surface area contributed by atoms with Gasteiger partial charge in [0.15, 0.2) is 0 Å². The van der Waals surface area contributed by atoms with E-state index in [9.17, 15) is 14.3 Å². The van der Waals surface area contributed by atoms with Gasteiger partial charge in [0.25, 0.3) is 5.91 Å². The molecule has 5 heteroatoms. The minimum atomic E-state index is -0.680. The largest absolute Gasteiger partial charge is 0.381 e. The van der Waals surface area contributed by atoms with E-state index in [1.807, 2.05) is 24.3 Å². The van der Waals surface area contributed by atoms with Gasteiger partial charge in [-0.15, -0.1) is 0 Å². The highest BCUT2D eigenvalue weighted by molar-refractivity contribution is 5.96. The maximum atomic E-state index is 13.1. The van der Waals surface area contributed by atoms with Gasteiger partial charge in [0.1, 0.15) is 11.9 Å². The monoisotopic (exact) mass is 400 g/mol. The summed E-state index contributed by atoms with van der Waals surface area (Å²) in [6.45, 7) is 2.67. The van der Waals surface area contributed by atoms with E-state index in [1.54, 1.807) is 36.2 Å². The summed E-state index contributed by atoms with van der Waals surface area (Å²) in [5.74, 6) is 5.36. The van der Waals surface area contributed by atoms with Crippen LogP contribution in [0.5, 0.6) is 0 Å². The Kier molecular flexibility index (Phi) is 5.60. The number of carbonyl (C=O) groups is 1. The van der Waals surface area contributed by atoms with E-state index < -0.39 is 6.10 Å². The Balaban J connectivity index is 1.47. The number of pyridine rings is 1. The number of carbonyl (C=O) groups excluding carboxylic acids is 1. The summed E-state index contributed by atoms with van der Waals surface area (Å²) in [6, 6.07) is 15.7. The molecule has 0 aliphatic carbocycles. The molecule has 150 valence electrons. The van der Waals surface area contributed by atoms with Crippen LogP contribution >= 0.6 is 0 Å². The number of fused-ring (bicyclic) bond motifs is 1. The molecule has 1 amide bonds. The molecule has 1 aliphatic rings. The molecular weight excluding hydrogens is 379 g/mol. The van der Waals surface area contributed by atoms with Crippen LogP contribution in [0.4, 0.5) is 4.39 Å². The van der Waals surface area contributed by atoms with Crippen molar-refractivity contribution in [2.75, 3.05) is 6.54 Å². The van der Waals surface area contributed by atoms with Crippen LogP contribution < -0.4 is 0 Å². The molecule has 4 nitrogen and oxygen atoms in total. The second-order valence-corrected chi connectivity index (χ2v) is 7.34. The van der Waals surface area contributed by atoms with Crippen LogP contribution in [0.15, 0.2) is 60.8 Å². The minimum Gasteiger partial charge on any atom is -0.381 e. The van der Waals surface area contributed by atoms with E-state index in [0.29, 0.717) is 18.7 Å². The number of amides is 1. The third-order valence-electron chi connectivity index (χ3n) is 5.05. The van der Waals surface area contributed by atoms with Crippen LogP contribution in [-0.2, 0) is 13.0 Å². The van der Waals surface area contributed by atoms with Crippen LogP contribution in [0.2, 0.25) is 0 Å². The Morgan fingerprint density at radius 2 is 1.90 bits per heavy atom. The zero-order valence-corrected chi connectivity index (χ0v) is 16.6. The molecule has 2 aromatic carbocycles. The minimum absolute atomic E-state index is 0.0179. The molecule has 0 saturated carbocycles. The first-order valence-corrected chi connectivity index (χ1v) is 9.82. The van der Waals surface area contributed by atoms with Gasteiger partial charge >= 0.3 is 0 Å². The molecule has 30 heavy (non-hydrogen) atoms.